The Kier molecular flexibility index (Phi) is 3.50. The van der Waals surface area contributed by atoms with Crippen molar-refractivity contribution in [3.8, 4) is 0 Å². The van der Waals surface area contributed by atoms with Gasteiger partial charge >= 0.3 is 5.69 Å². The number of fused-ring (bicyclic) bond motifs is 1. The number of aromatic nitrogens is 3. The predicted molar refractivity (Wildman–Crippen MR) is 77.8 cm³/mol. The van der Waals surface area contributed by atoms with Gasteiger partial charge in [-0.15, -0.1) is 5.10 Å². The van der Waals surface area contributed by atoms with E-state index in [2.05, 4.69) is 5.10 Å². The average Bonchev–Trinajstić information content (AvgIpc) is 3.01. The molecule has 0 aromatic carbocycles. The Balaban J connectivity index is 1.81. The van der Waals surface area contributed by atoms with Crippen molar-refractivity contribution in [1.29, 1.82) is 0 Å². The first-order valence-electron chi connectivity index (χ1n) is 7.14. The summed E-state index contributed by atoms with van der Waals surface area (Å²) in [5, 5.41) is 4.18. The second-order valence-corrected chi connectivity index (χ2v) is 5.60. The minimum absolute atomic E-state index is 0.0257. The average molecular weight is 289 g/mol. The summed E-state index contributed by atoms with van der Waals surface area (Å²) in [5.74, 6) is 0.269. The van der Waals surface area contributed by atoms with Crippen molar-refractivity contribution in [2.75, 3.05) is 13.1 Å². The molecular weight excluding hydrogens is 270 g/mol. The van der Waals surface area contributed by atoms with Crippen LogP contribution in [0.4, 0.5) is 0 Å². The van der Waals surface area contributed by atoms with Gasteiger partial charge in [-0.05, 0) is 37.9 Å². The van der Waals surface area contributed by atoms with Gasteiger partial charge in [-0.3, -0.25) is 9.20 Å². The molecule has 0 bridgehead atoms. The third-order valence-electron chi connectivity index (χ3n) is 4.09. The van der Waals surface area contributed by atoms with Crippen LogP contribution in [-0.2, 0) is 11.3 Å². The summed E-state index contributed by atoms with van der Waals surface area (Å²) in [5.41, 5.74) is 5.93. The van der Waals surface area contributed by atoms with Crippen LogP contribution in [0.15, 0.2) is 29.2 Å². The normalized spacial score (nSPS) is 22.1. The van der Waals surface area contributed by atoms with Gasteiger partial charge in [0.25, 0.3) is 0 Å². The first-order chi connectivity index (χ1) is 10.1. The van der Waals surface area contributed by atoms with Gasteiger partial charge in [-0.1, -0.05) is 6.07 Å². The van der Waals surface area contributed by atoms with Gasteiger partial charge in [0.1, 0.15) is 6.54 Å². The van der Waals surface area contributed by atoms with E-state index in [0.717, 1.165) is 6.42 Å². The lowest BCUT2D eigenvalue weighted by Crippen LogP contribution is -2.39. The van der Waals surface area contributed by atoms with Crippen LogP contribution in [-0.4, -0.2) is 44.1 Å². The van der Waals surface area contributed by atoms with Gasteiger partial charge in [-0.2, -0.15) is 0 Å². The molecule has 1 amide bonds. The number of carbonyl (C=O) groups excluding carboxylic acids is 1. The summed E-state index contributed by atoms with van der Waals surface area (Å²) < 4.78 is 2.66. The number of pyridine rings is 1. The molecule has 0 aliphatic carbocycles. The van der Waals surface area contributed by atoms with Crippen molar-refractivity contribution in [3.05, 3.63) is 34.9 Å². The Morgan fingerprint density at radius 1 is 1.48 bits per heavy atom. The molecule has 3 heterocycles. The molecule has 0 spiro atoms. The number of hydrogen-bond acceptors (Lipinski definition) is 4. The number of rotatable bonds is 3. The van der Waals surface area contributed by atoms with E-state index in [4.69, 9.17) is 5.73 Å². The molecule has 1 saturated heterocycles. The van der Waals surface area contributed by atoms with E-state index >= 15 is 0 Å². The lowest BCUT2D eigenvalue weighted by Gasteiger charge is -2.21. The van der Waals surface area contributed by atoms with Gasteiger partial charge in [0.2, 0.25) is 5.91 Å². The van der Waals surface area contributed by atoms with Gasteiger partial charge in [0.05, 0.1) is 0 Å². The van der Waals surface area contributed by atoms with Crippen molar-refractivity contribution in [2.24, 2.45) is 11.7 Å². The zero-order chi connectivity index (χ0) is 15.0. The number of amides is 1. The number of nitrogens with zero attached hydrogens (tertiary/aromatic N) is 4. The van der Waals surface area contributed by atoms with E-state index in [1.165, 1.54) is 9.08 Å². The van der Waals surface area contributed by atoms with Crippen LogP contribution in [0.5, 0.6) is 0 Å². The highest BCUT2D eigenvalue weighted by Crippen LogP contribution is 2.22. The highest BCUT2D eigenvalue weighted by atomic mass is 16.2. The number of hydrogen-bond donors (Lipinski definition) is 1. The molecule has 2 aromatic heterocycles. The van der Waals surface area contributed by atoms with Crippen LogP contribution in [0.2, 0.25) is 0 Å². The molecule has 3 rings (SSSR count). The van der Waals surface area contributed by atoms with E-state index in [1.54, 1.807) is 23.2 Å². The molecule has 1 fully saturated rings. The fourth-order valence-corrected chi connectivity index (χ4v) is 2.95. The lowest BCUT2D eigenvalue weighted by atomic mass is 10.1. The molecule has 7 nitrogen and oxygen atoms in total. The maximum absolute atomic E-state index is 12.4. The molecule has 2 N–H and O–H groups in total. The summed E-state index contributed by atoms with van der Waals surface area (Å²) in [6, 6.07) is 5.48. The summed E-state index contributed by atoms with van der Waals surface area (Å²) in [4.78, 5) is 26.3. The Labute approximate surface area is 122 Å². The zero-order valence-corrected chi connectivity index (χ0v) is 12.0. The van der Waals surface area contributed by atoms with Crippen LogP contribution < -0.4 is 11.4 Å². The van der Waals surface area contributed by atoms with Crippen LogP contribution in [0.1, 0.15) is 13.3 Å². The zero-order valence-electron chi connectivity index (χ0n) is 12.0. The quantitative estimate of drug-likeness (QED) is 0.840. The highest BCUT2D eigenvalue weighted by molar-refractivity contribution is 5.76. The molecule has 21 heavy (non-hydrogen) atoms. The molecule has 1 aliphatic heterocycles. The summed E-state index contributed by atoms with van der Waals surface area (Å²) in [6.07, 6.45) is 2.57. The van der Waals surface area contributed by atoms with E-state index in [1.807, 2.05) is 13.0 Å². The standard InChI is InChI=1S/C14H19N5O2/c1-10-6-11(7-15)8-18(10)13(20)9-19-14(21)17-5-3-2-4-12(17)16-19/h2-5,10-11H,6-9,15H2,1H3. The maximum Gasteiger partial charge on any atom is 0.350 e. The molecule has 7 heteroatoms. The molecular formula is C14H19N5O2. The second-order valence-electron chi connectivity index (χ2n) is 5.60. The second kappa shape index (κ2) is 5.33. The van der Waals surface area contributed by atoms with Crippen molar-refractivity contribution in [1.82, 2.24) is 19.1 Å². The van der Waals surface area contributed by atoms with Crippen molar-refractivity contribution >= 4 is 11.6 Å². The van der Waals surface area contributed by atoms with Gasteiger partial charge in [-0.25, -0.2) is 9.48 Å². The topological polar surface area (TPSA) is 85.6 Å². The first kappa shape index (κ1) is 13.8. The van der Waals surface area contributed by atoms with Crippen LogP contribution in [0.3, 0.4) is 0 Å². The lowest BCUT2D eigenvalue weighted by molar-refractivity contribution is -0.132. The Morgan fingerprint density at radius 2 is 2.29 bits per heavy atom. The fourth-order valence-electron chi connectivity index (χ4n) is 2.95. The molecule has 2 aromatic rings. The SMILES string of the molecule is CC1CC(CN)CN1C(=O)Cn1nc2ccccn2c1=O. The number of nitrogens with two attached hydrogens (primary N) is 1. The monoisotopic (exact) mass is 289 g/mol. The molecule has 2 unspecified atom stereocenters. The summed E-state index contributed by atoms with van der Waals surface area (Å²) in [7, 11) is 0. The van der Waals surface area contributed by atoms with Crippen molar-refractivity contribution < 1.29 is 4.79 Å². The summed E-state index contributed by atoms with van der Waals surface area (Å²) in [6.45, 7) is 3.24. The first-order valence-corrected chi connectivity index (χ1v) is 7.14. The third kappa shape index (κ3) is 2.44. The van der Waals surface area contributed by atoms with Crippen LogP contribution >= 0.6 is 0 Å². The van der Waals surface area contributed by atoms with Gasteiger partial charge in [0.15, 0.2) is 5.65 Å². The molecule has 0 saturated carbocycles. The Hall–Kier alpha value is -2.15. The minimum Gasteiger partial charge on any atom is -0.338 e. The number of likely N-dealkylation sites (tertiary alicyclic amines) is 1. The smallest absolute Gasteiger partial charge is 0.338 e. The van der Waals surface area contributed by atoms with Crippen LogP contribution in [0, 0.1) is 5.92 Å². The van der Waals surface area contributed by atoms with Crippen molar-refractivity contribution in [3.63, 3.8) is 0 Å². The van der Waals surface area contributed by atoms with Gasteiger partial charge in [0, 0.05) is 18.8 Å². The fraction of sp³-hybridized carbons (Fsp3) is 0.500. The van der Waals surface area contributed by atoms with Crippen LogP contribution in [0.25, 0.3) is 5.65 Å². The Bertz CT molecular complexity index is 719. The summed E-state index contributed by atoms with van der Waals surface area (Å²) >= 11 is 0. The minimum atomic E-state index is -0.291. The number of carbonyl (C=O) groups is 1. The van der Waals surface area contributed by atoms with E-state index in [-0.39, 0.29) is 24.2 Å². The predicted octanol–water partition coefficient (Wildman–Crippen LogP) is -0.308. The Morgan fingerprint density at radius 3 is 2.95 bits per heavy atom. The van der Waals surface area contributed by atoms with Crippen molar-refractivity contribution in [2.45, 2.75) is 25.9 Å². The largest absolute Gasteiger partial charge is 0.350 e. The van der Waals surface area contributed by atoms with E-state index < -0.39 is 0 Å². The highest BCUT2D eigenvalue weighted by Gasteiger charge is 2.31. The third-order valence-corrected chi connectivity index (χ3v) is 4.09. The molecule has 1 aliphatic rings. The molecule has 0 radical (unpaired) electrons. The molecule has 2 atom stereocenters. The van der Waals surface area contributed by atoms with Gasteiger partial charge < -0.3 is 10.6 Å². The molecule has 112 valence electrons. The van der Waals surface area contributed by atoms with E-state index in [9.17, 15) is 9.59 Å². The maximum atomic E-state index is 12.4. The van der Waals surface area contributed by atoms with E-state index in [0.29, 0.717) is 24.7 Å².